The molecule has 128 valence electrons. The number of piperidine rings is 1. The Balaban J connectivity index is 1.76. The number of carbonyl (C=O) groups excluding carboxylic acids is 1. The number of likely N-dealkylation sites (tertiary alicyclic amines) is 1. The SMILES string of the molecule is COC1CCN(C(C)(C)CNC(=O)[C@@H]2CC[C@H](CN)O2)CC1. The minimum absolute atomic E-state index is 0.00389. The van der Waals surface area contributed by atoms with Crippen LogP contribution >= 0.6 is 0 Å². The average Bonchev–Trinajstić information content (AvgIpc) is 3.02. The monoisotopic (exact) mass is 313 g/mol. The molecular formula is C16H31N3O3. The van der Waals surface area contributed by atoms with Crippen LogP contribution in [-0.2, 0) is 14.3 Å². The van der Waals surface area contributed by atoms with Gasteiger partial charge in [-0.05, 0) is 39.5 Å². The van der Waals surface area contributed by atoms with Crippen LogP contribution in [0.15, 0.2) is 0 Å². The highest BCUT2D eigenvalue weighted by molar-refractivity contribution is 5.81. The number of nitrogens with one attached hydrogen (secondary N) is 1. The number of methoxy groups -OCH3 is 1. The zero-order chi connectivity index (χ0) is 16.2. The summed E-state index contributed by atoms with van der Waals surface area (Å²) < 4.78 is 11.1. The van der Waals surface area contributed by atoms with Crippen LogP contribution in [0.5, 0.6) is 0 Å². The molecule has 2 heterocycles. The molecule has 3 N–H and O–H groups in total. The van der Waals surface area contributed by atoms with Crippen molar-refractivity contribution < 1.29 is 14.3 Å². The van der Waals surface area contributed by atoms with Crippen LogP contribution in [-0.4, -0.2) is 67.9 Å². The van der Waals surface area contributed by atoms with Gasteiger partial charge in [-0.3, -0.25) is 9.69 Å². The Hall–Kier alpha value is -0.690. The summed E-state index contributed by atoms with van der Waals surface area (Å²) in [7, 11) is 1.78. The molecule has 0 aliphatic carbocycles. The molecule has 22 heavy (non-hydrogen) atoms. The lowest BCUT2D eigenvalue weighted by Crippen LogP contribution is -2.55. The highest BCUT2D eigenvalue weighted by atomic mass is 16.5. The zero-order valence-electron chi connectivity index (χ0n) is 14.1. The lowest BCUT2D eigenvalue weighted by molar-refractivity contribution is -0.132. The van der Waals surface area contributed by atoms with Gasteiger partial charge >= 0.3 is 0 Å². The second-order valence-electron chi connectivity index (χ2n) is 7.01. The van der Waals surface area contributed by atoms with E-state index >= 15 is 0 Å². The number of hydrogen-bond donors (Lipinski definition) is 2. The van der Waals surface area contributed by atoms with Crippen molar-refractivity contribution in [3.05, 3.63) is 0 Å². The second-order valence-corrected chi connectivity index (χ2v) is 7.01. The Morgan fingerprint density at radius 2 is 2.00 bits per heavy atom. The molecule has 2 fully saturated rings. The molecule has 2 aliphatic rings. The summed E-state index contributed by atoms with van der Waals surface area (Å²) in [5.41, 5.74) is 5.53. The fourth-order valence-corrected chi connectivity index (χ4v) is 3.30. The van der Waals surface area contributed by atoms with E-state index in [0.29, 0.717) is 19.2 Å². The van der Waals surface area contributed by atoms with Gasteiger partial charge in [0.15, 0.2) is 0 Å². The van der Waals surface area contributed by atoms with E-state index in [-0.39, 0.29) is 23.7 Å². The third-order valence-electron chi connectivity index (χ3n) is 4.99. The fraction of sp³-hybridized carbons (Fsp3) is 0.938. The van der Waals surface area contributed by atoms with Crippen LogP contribution in [0.1, 0.15) is 39.5 Å². The van der Waals surface area contributed by atoms with Crippen LogP contribution < -0.4 is 11.1 Å². The van der Waals surface area contributed by atoms with Crippen molar-refractivity contribution in [1.29, 1.82) is 0 Å². The maximum Gasteiger partial charge on any atom is 0.249 e. The summed E-state index contributed by atoms with van der Waals surface area (Å²) in [6, 6.07) is 0. The molecule has 6 heteroatoms. The summed E-state index contributed by atoms with van der Waals surface area (Å²) in [6.45, 7) is 7.50. The van der Waals surface area contributed by atoms with Gasteiger partial charge < -0.3 is 20.5 Å². The molecule has 0 aromatic carbocycles. The number of rotatable bonds is 6. The number of ether oxygens (including phenoxy) is 2. The summed E-state index contributed by atoms with van der Waals surface area (Å²) in [4.78, 5) is 14.7. The smallest absolute Gasteiger partial charge is 0.249 e. The summed E-state index contributed by atoms with van der Waals surface area (Å²) in [5, 5.41) is 3.05. The second kappa shape index (κ2) is 7.73. The molecule has 1 amide bonds. The first-order valence-electron chi connectivity index (χ1n) is 8.37. The predicted octanol–water partition coefficient (Wildman–Crippen LogP) is 0.498. The average molecular weight is 313 g/mol. The fourth-order valence-electron chi connectivity index (χ4n) is 3.30. The number of hydrogen-bond acceptors (Lipinski definition) is 5. The molecule has 0 aromatic heterocycles. The summed E-state index contributed by atoms with van der Waals surface area (Å²) >= 11 is 0. The number of nitrogens with zero attached hydrogens (tertiary/aromatic N) is 1. The van der Waals surface area contributed by atoms with E-state index < -0.39 is 0 Å². The maximum atomic E-state index is 12.2. The normalized spacial score (nSPS) is 28.0. The highest BCUT2D eigenvalue weighted by Crippen LogP contribution is 2.22. The van der Waals surface area contributed by atoms with E-state index in [1.54, 1.807) is 7.11 Å². The molecule has 0 aromatic rings. The van der Waals surface area contributed by atoms with Crippen LogP contribution in [0.4, 0.5) is 0 Å². The third kappa shape index (κ3) is 4.41. The van der Waals surface area contributed by atoms with Gasteiger partial charge in [0.2, 0.25) is 5.91 Å². The van der Waals surface area contributed by atoms with Gasteiger partial charge in [0.25, 0.3) is 0 Å². The summed E-state index contributed by atoms with van der Waals surface area (Å²) in [5.74, 6) is -0.00389. The number of nitrogens with two attached hydrogens (primary N) is 1. The quantitative estimate of drug-likeness (QED) is 0.747. The van der Waals surface area contributed by atoms with Gasteiger partial charge in [-0.2, -0.15) is 0 Å². The van der Waals surface area contributed by atoms with Gasteiger partial charge in [0.05, 0.1) is 12.2 Å². The lowest BCUT2D eigenvalue weighted by atomic mass is 9.97. The van der Waals surface area contributed by atoms with Crippen molar-refractivity contribution in [3.8, 4) is 0 Å². The zero-order valence-corrected chi connectivity index (χ0v) is 14.1. The molecule has 0 spiro atoms. The van der Waals surface area contributed by atoms with E-state index in [2.05, 4.69) is 24.1 Å². The lowest BCUT2D eigenvalue weighted by Gasteiger charge is -2.42. The molecule has 0 saturated carbocycles. The Labute approximate surface area is 133 Å². The van der Waals surface area contributed by atoms with E-state index in [0.717, 1.165) is 38.8 Å². The molecule has 0 radical (unpaired) electrons. The topological polar surface area (TPSA) is 76.8 Å². The van der Waals surface area contributed by atoms with Gasteiger partial charge in [-0.25, -0.2) is 0 Å². The number of amides is 1. The molecule has 0 bridgehead atoms. The maximum absolute atomic E-state index is 12.2. The first kappa shape index (κ1) is 17.7. The third-order valence-corrected chi connectivity index (χ3v) is 4.99. The Morgan fingerprint density at radius 1 is 1.32 bits per heavy atom. The standard InChI is InChI=1S/C16H31N3O3/c1-16(2,19-8-6-12(21-3)7-9-19)11-18-15(20)14-5-4-13(10-17)22-14/h12-14H,4-11,17H2,1-3H3,(H,18,20)/t13-,14+/m1/s1. The Kier molecular flexibility index (Phi) is 6.20. The first-order valence-corrected chi connectivity index (χ1v) is 8.37. The van der Waals surface area contributed by atoms with E-state index in [4.69, 9.17) is 15.2 Å². The van der Waals surface area contributed by atoms with E-state index in [1.807, 2.05) is 0 Å². The van der Waals surface area contributed by atoms with Crippen molar-refractivity contribution in [2.45, 2.75) is 63.4 Å². The van der Waals surface area contributed by atoms with Crippen molar-refractivity contribution in [3.63, 3.8) is 0 Å². The van der Waals surface area contributed by atoms with Crippen molar-refractivity contribution >= 4 is 5.91 Å². The van der Waals surface area contributed by atoms with E-state index in [9.17, 15) is 4.79 Å². The van der Waals surface area contributed by atoms with Crippen LogP contribution in [0.2, 0.25) is 0 Å². The molecule has 2 saturated heterocycles. The molecular weight excluding hydrogens is 282 g/mol. The predicted molar refractivity (Wildman–Crippen MR) is 85.6 cm³/mol. The Bertz CT molecular complexity index is 368. The minimum atomic E-state index is -0.330. The number of carbonyl (C=O) groups is 1. The van der Waals surface area contributed by atoms with Crippen LogP contribution in [0.3, 0.4) is 0 Å². The molecule has 6 nitrogen and oxygen atoms in total. The molecule has 2 rings (SSSR count). The first-order chi connectivity index (χ1) is 10.5. The Morgan fingerprint density at radius 3 is 2.55 bits per heavy atom. The molecule has 2 atom stereocenters. The van der Waals surface area contributed by atoms with Crippen molar-refractivity contribution in [2.24, 2.45) is 5.73 Å². The van der Waals surface area contributed by atoms with E-state index in [1.165, 1.54) is 0 Å². The van der Waals surface area contributed by atoms with Crippen molar-refractivity contribution in [1.82, 2.24) is 10.2 Å². The largest absolute Gasteiger partial charge is 0.381 e. The molecule has 2 aliphatic heterocycles. The summed E-state index contributed by atoms with van der Waals surface area (Å²) in [6.07, 6.45) is 3.84. The van der Waals surface area contributed by atoms with Crippen molar-refractivity contribution in [2.75, 3.05) is 33.3 Å². The minimum Gasteiger partial charge on any atom is -0.381 e. The highest BCUT2D eigenvalue weighted by Gasteiger charge is 2.33. The van der Waals surface area contributed by atoms with Crippen LogP contribution in [0, 0.1) is 0 Å². The van der Waals surface area contributed by atoms with Gasteiger partial charge in [-0.1, -0.05) is 0 Å². The van der Waals surface area contributed by atoms with Crippen LogP contribution in [0.25, 0.3) is 0 Å². The molecule has 0 unspecified atom stereocenters. The van der Waals surface area contributed by atoms with Gasteiger partial charge in [0.1, 0.15) is 6.10 Å². The van der Waals surface area contributed by atoms with Gasteiger partial charge in [-0.15, -0.1) is 0 Å². The van der Waals surface area contributed by atoms with Gasteiger partial charge in [0, 0.05) is 38.8 Å².